The Morgan fingerprint density at radius 3 is 2.67 bits per heavy atom. The number of hydrogen-bond donors (Lipinski definition) is 3. The highest BCUT2D eigenvalue weighted by atomic mass is 16.3. The third-order valence-electron chi connectivity index (χ3n) is 3.29. The molecule has 18 heavy (non-hydrogen) atoms. The van der Waals surface area contributed by atoms with E-state index >= 15 is 0 Å². The van der Waals surface area contributed by atoms with Gasteiger partial charge in [0.2, 0.25) is 17.5 Å². The standard InChI is InChI=1S/C12H20N2O4/c1-7-2-4-9(12(18)11(7)17)14-8(6-15)3-5-10(13)16/h7-9,14-15H,2-6H2,1H3,(H2,13,16)/t7?,8-,9?/m1/s1. The van der Waals surface area contributed by atoms with Crippen LogP contribution in [0.3, 0.4) is 0 Å². The lowest BCUT2D eigenvalue weighted by molar-refractivity contribution is -0.142. The van der Waals surface area contributed by atoms with Gasteiger partial charge in [-0.05, 0) is 19.3 Å². The van der Waals surface area contributed by atoms with Crippen molar-refractivity contribution in [2.75, 3.05) is 6.61 Å². The zero-order chi connectivity index (χ0) is 13.7. The summed E-state index contributed by atoms with van der Waals surface area (Å²) in [6.07, 6.45) is 1.75. The van der Waals surface area contributed by atoms with E-state index in [9.17, 15) is 14.4 Å². The lowest BCUT2D eigenvalue weighted by Gasteiger charge is -2.28. The third kappa shape index (κ3) is 3.89. The quantitative estimate of drug-likeness (QED) is 0.536. The van der Waals surface area contributed by atoms with Crippen LogP contribution in [0.2, 0.25) is 0 Å². The molecule has 102 valence electrons. The maximum atomic E-state index is 11.7. The molecule has 0 bridgehead atoms. The average molecular weight is 256 g/mol. The number of ketones is 2. The molecule has 1 saturated carbocycles. The second-order valence-corrected chi connectivity index (χ2v) is 4.81. The van der Waals surface area contributed by atoms with E-state index in [0.717, 1.165) is 0 Å². The molecule has 1 aliphatic rings. The molecule has 2 unspecified atom stereocenters. The van der Waals surface area contributed by atoms with E-state index < -0.39 is 17.7 Å². The van der Waals surface area contributed by atoms with Gasteiger partial charge in [-0.15, -0.1) is 0 Å². The van der Waals surface area contributed by atoms with Crippen LogP contribution >= 0.6 is 0 Å². The first-order valence-corrected chi connectivity index (χ1v) is 6.19. The summed E-state index contributed by atoms with van der Waals surface area (Å²) in [5, 5.41) is 12.1. The Labute approximate surface area is 106 Å². The van der Waals surface area contributed by atoms with Gasteiger partial charge in [0.15, 0.2) is 0 Å². The summed E-state index contributed by atoms with van der Waals surface area (Å²) in [5.74, 6) is -1.44. The zero-order valence-electron chi connectivity index (χ0n) is 10.5. The maximum absolute atomic E-state index is 11.7. The minimum absolute atomic E-state index is 0.142. The zero-order valence-corrected chi connectivity index (χ0v) is 10.5. The minimum atomic E-state index is -0.543. The van der Waals surface area contributed by atoms with Gasteiger partial charge in [0.1, 0.15) is 0 Å². The molecule has 0 heterocycles. The molecule has 0 aliphatic heterocycles. The Morgan fingerprint density at radius 2 is 2.11 bits per heavy atom. The Hall–Kier alpha value is -1.27. The summed E-state index contributed by atoms with van der Waals surface area (Å²) in [7, 11) is 0. The van der Waals surface area contributed by atoms with E-state index in [1.54, 1.807) is 6.92 Å². The van der Waals surface area contributed by atoms with Gasteiger partial charge in [-0.3, -0.25) is 14.4 Å². The van der Waals surface area contributed by atoms with E-state index in [1.165, 1.54) is 0 Å². The van der Waals surface area contributed by atoms with Gasteiger partial charge in [0.25, 0.3) is 0 Å². The molecule has 1 rings (SSSR count). The molecule has 1 aliphatic carbocycles. The van der Waals surface area contributed by atoms with Gasteiger partial charge in [-0.2, -0.15) is 0 Å². The van der Waals surface area contributed by atoms with Gasteiger partial charge in [0.05, 0.1) is 12.6 Å². The fraction of sp³-hybridized carbons (Fsp3) is 0.750. The summed E-state index contributed by atoms with van der Waals surface area (Å²) < 4.78 is 0. The molecule has 0 saturated heterocycles. The van der Waals surface area contributed by atoms with Crippen LogP contribution in [0.5, 0.6) is 0 Å². The van der Waals surface area contributed by atoms with Crippen molar-refractivity contribution in [1.29, 1.82) is 0 Å². The number of aliphatic hydroxyl groups excluding tert-OH is 1. The Morgan fingerprint density at radius 1 is 1.44 bits per heavy atom. The molecule has 4 N–H and O–H groups in total. The number of rotatable bonds is 6. The van der Waals surface area contributed by atoms with Crippen LogP contribution in [-0.2, 0) is 14.4 Å². The molecule has 0 spiro atoms. The summed E-state index contributed by atoms with van der Waals surface area (Å²) >= 11 is 0. The van der Waals surface area contributed by atoms with E-state index in [4.69, 9.17) is 10.8 Å². The molecular formula is C12H20N2O4. The second-order valence-electron chi connectivity index (χ2n) is 4.81. The second kappa shape index (κ2) is 6.61. The number of nitrogens with two attached hydrogens (primary N) is 1. The van der Waals surface area contributed by atoms with Gasteiger partial charge in [-0.1, -0.05) is 6.92 Å². The van der Waals surface area contributed by atoms with Gasteiger partial charge in [-0.25, -0.2) is 0 Å². The average Bonchev–Trinajstić information content (AvgIpc) is 2.34. The van der Waals surface area contributed by atoms with Crippen molar-refractivity contribution in [2.24, 2.45) is 11.7 Å². The van der Waals surface area contributed by atoms with Crippen molar-refractivity contribution in [3.63, 3.8) is 0 Å². The van der Waals surface area contributed by atoms with Gasteiger partial charge < -0.3 is 16.2 Å². The number of carbonyl (C=O) groups excluding carboxylic acids is 3. The first-order valence-electron chi connectivity index (χ1n) is 6.19. The Kier molecular flexibility index (Phi) is 5.43. The molecule has 0 aromatic rings. The molecule has 6 heteroatoms. The number of carbonyl (C=O) groups is 3. The monoisotopic (exact) mass is 256 g/mol. The maximum Gasteiger partial charge on any atom is 0.217 e. The lowest BCUT2D eigenvalue weighted by Crippen LogP contribution is -2.51. The highest BCUT2D eigenvalue weighted by molar-refractivity contribution is 6.40. The van der Waals surface area contributed by atoms with Crippen molar-refractivity contribution in [3.05, 3.63) is 0 Å². The topological polar surface area (TPSA) is 109 Å². The van der Waals surface area contributed by atoms with Crippen molar-refractivity contribution < 1.29 is 19.5 Å². The summed E-state index contributed by atoms with van der Waals surface area (Å²) in [6, 6.07) is -0.925. The summed E-state index contributed by atoms with van der Waals surface area (Å²) in [6.45, 7) is 1.55. The molecule has 0 aromatic carbocycles. The predicted molar refractivity (Wildman–Crippen MR) is 64.6 cm³/mol. The molecule has 6 nitrogen and oxygen atoms in total. The molecule has 0 radical (unpaired) electrons. The third-order valence-corrected chi connectivity index (χ3v) is 3.29. The molecule has 1 fully saturated rings. The summed E-state index contributed by atoms with van der Waals surface area (Å²) in [4.78, 5) is 33.9. The summed E-state index contributed by atoms with van der Waals surface area (Å²) in [5.41, 5.74) is 5.03. The van der Waals surface area contributed by atoms with Crippen LogP contribution in [0.25, 0.3) is 0 Å². The molecular weight excluding hydrogens is 236 g/mol. The minimum Gasteiger partial charge on any atom is -0.395 e. The van der Waals surface area contributed by atoms with E-state index in [2.05, 4.69) is 5.32 Å². The first-order chi connectivity index (χ1) is 8.45. The van der Waals surface area contributed by atoms with Crippen molar-refractivity contribution in [3.8, 4) is 0 Å². The highest BCUT2D eigenvalue weighted by Gasteiger charge is 2.34. The number of Topliss-reactive ketones (excluding diaryl/α,β-unsaturated/α-hetero) is 2. The molecule has 0 aromatic heterocycles. The smallest absolute Gasteiger partial charge is 0.217 e. The van der Waals surface area contributed by atoms with Crippen molar-refractivity contribution in [1.82, 2.24) is 5.32 Å². The fourth-order valence-corrected chi connectivity index (χ4v) is 2.08. The van der Waals surface area contributed by atoms with Crippen LogP contribution in [-0.4, -0.2) is 41.3 Å². The SMILES string of the molecule is CC1CCC(N[C@@H](CO)CCC(N)=O)C(=O)C1=O. The number of nitrogens with one attached hydrogen (secondary N) is 1. The molecule has 1 amide bonds. The van der Waals surface area contributed by atoms with Gasteiger partial charge >= 0.3 is 0 Å². The molecule has 3 atom stereocenters. The fourth-order valence-electron chi connectivity index (χ4n) is 2.08. The number of primary amides is 1. The van der Waals surface area contributed by atoms with Crippen molar-refractivity contribution in [2.45, 2.75) is 44.7 Å². The highest BCUT2D eigenvalue weighted by Crippen LogP contribution is 2.18. The van der Waals surface area contributed by atoms with Crippen molar-refractivity contribution >= 4 is 17.5 Å². The normalized spacial score (nSPS) is 26.1. The first kappa shape index (κ1) is 14.8. The lowest BCUT2D eigenvalue weighted by atomic mass is 9.84. The Bertz CT molecular complexity index is 343. The predicted octanol–water partition coefficient (Wildman–Crippen LogP) is -0.861. The van der Waals surface area contributed by atoms with Crippen LogP contribution in [0, 0.1) is 5.92 Å². The van der Waals surface area contributed by atoms with Crippen LogP contribution in [0.15, 0.2) is 0 Å². The number of aliphatic hydroxyl groups is 1. The number of amides is 1. The van der Waals surface area contributed by atoms with E-state index in [-0.39, 0.29) is 30.8 Å². The van der Waals surface area contributed by atoms with Crippen LogP contribution in [0.1, 0.15) is 32.6 Å². The van der Waals surface area contributed by atoms with Crippen LogP contribution < -0.4 is 11.1 Å². The van der Waals surface area contributed by atoms with Crippen LogP contribution in [0.4, 0.5) is 0 Å². The largest absolute Gasteiger partial charge is 0.395 e. The number of hydrogen-bond acceptors (Lipinski definition) is 5. The Balaban J connectivity index is 2.51. The van der Waals surface area contributed by atoms with Gasteiger partial charge in [0, 0.05) is 18.4 Å². The van der Waals surface area contributed by atoms with E-state index in [1.807, 2.05) is 0 Å². The van der Waals surface area contributed by atoms with E-state index in [0.29, 0.717) is 19.3 Å².